The maximum absolute atomic E-state index is 13.2. The number of fused-ring (bicyclic) bond motifs is 1. The number of hydrogen-bond donors (Lipinski definition) is 1. The minimum absolute atomic E-state index is 0.105. The normalized spacial score (nSPS) is 16.5. The van der Waals surface area contributed by atoms with E-state index in [1.165, 1.54) is 7.11 Å². The van der Waals surface area contributed by atoms with Crippen molar-refractivity contribution < 1.29 is 14.3 Å². The molecule has 0 bridgehead atoms. The van der Waals surface area contributed by atoms with Crippen LogP contribution in [0.25, 0.3) is 0 Å². The summed E-state index contributed by atoms with van der Waals surface area (Å²) in [4.78, 5) is 27.1. The molecule has 1 heterocycles. The lowest BCUT2D eigenvalue weighted by Gasteiger charge is -2.30. The molecule has 1 aliphatic rings. The summed E-state index contributed by atoms with van der Waals surface area (Å²) in [6, 6.07) is 16.7. The molecule has 0 saturated heterocycles. The molecule has 1 N–H and O–H groups in total. The highest BCUT2D eigenvalue weighted by atomic mass is 32.1. The number of methoxy groups -OCH3 is 1. The van der Waals surface area contributed by atoms with E-state index in [2.05, 4.69) is 5.32 Å². The van der Waals surface area contributed by atoms with E-state index >= 15 is 0 Å². The van der Waals surface area contributed by atoms with Crippen LogP contribution >= 0.6 is 12.2 Å². The Bertz CT molecular complexity index is 823. The van der Waals surface area contributed by atoms with Gasteiger partial charge in [-0.25, -0.2) is 0 Å². The maximum Gasteiger partial charge on any atom is 0.305 e. The number of para-hydroxylation sites is 1. The number of thiocarbonyl (C=S) groups is 1. The highest BCUT2D eigenvalue weighted by Crippen LogP contribution is 2.27. The van der Waals surface area contributed by atoms with Crippen molar-refractivity contribution >= 4 is 34.8 Å². The molecule has 134 valence electrons. The summed E-state index contributed by atoms with van der Waals surface area (Å²) in [5.74, 6) is -0.423. The minimum atomic E-state index is -0.385. The van der Waals surface area contributed by atoms with Gasteiger partial charge in [-0.2, -0.15) is 0 Å². The van der Waals surface area contributed by atoms with Crippen molar-refractivity contribution in [1.29, 1.82) is 0 Å². The summed E-state index contributed by atoms with van der Waals surface area (Å²) in [5.41, 5.74) is 2.28. The first-order valence-electron chi connectivity index (χ1n) is 8.41. The lowest BCUT2D eigenvalue weighted by atomic mass is 10.1. The Morgan fingerprint density at radius 1 is 1.15 bits per heavy atom. The summed E-state index contributed by atoms with van der Waals surface area (Å²) < 4.78 is 4.74. The van der Waals surface area contributed by atoms with Gasteiger partial charge in [0, 0.05) is 13.0 Å². The van der Waals surface area contributed by atoms with Gasteiger partial charge in [-0.1, -0.05) is 54.7 Å². The number of rotatable bonds is 5. The van der Waals surface area contributed by atoms with Gasteiger partial charge in [-0.05, 0) is 24.1 Å². The smallest absolute Gasteiger partial charge is 0.305 e. The van der Waals surface area contributed by atoms with E-state index < -0.39 is 0 Å². The fourth-order valence-electron chi connectivity index (χ4n) is 3.04. The molecule has 2 aromatic carbocycles. The molecule has 2 aromatic rings. The fraction of sp³-hybridized carbons (Fsp3) is 0.250. The number of anilines is 1. The van der Waals surface area contributed by atoms with Gasteiger partial charge in [0.25, 0.3) is 5.91 Å². The molecule has 26 heavy (non-hydrogen) atoms. The van der Waals surface area contributed by atoms with E-state index in [4.69, 9.17) is 17.0 Å². The van der Waals surface area contributed by atoms with E-state index in [1.54, 1.807) is 11.0 Å². The highest BCUT2D eigenvalue weighted by molar-refractivity contribution is 7.80. The number of ether oxygens (including phenoxy) is 1. The Hall–Kier alpha value is -2.73. The number of carbonyl (C=O) groups is 2. The molecular formula is C20H20N2O3S. The fourth-order valence-corrected chi connectivity index (χ4v) is 3.39. The third-order valence-electron chi connectivity index (χ3n) is 4.40. The lowest BCUT2D eigenvalue weighted by molar-refractivity contribution is -0.140. The van der Waals surface area contributed by atoms with Gasteiger partial charge in [-0.3, -0.25) is 9.59 Å². The minimum Gasteiger partial charge on any atom is -0.469 e. The topological polar surface area (TPSA) is 58.6 Å². The van der Waals surface area contributed by atoms with E-state index in [1.807, 2.05) is 48.5 Å². The van der Waals surface area contributed by atoms with Crippen LogP contribution in [-0.2, 0) is 16.1 Å². The molecule has 3 rings (SSSR count). The number of nitrogens with one attached hydrogen (secondary N) is 1. The van der Waals surface area contributed by atoms with E-state index in [0.717, 1.165) is 5.56 Å². The van der Waals surface area contributed by atoms with Crippen molar-refractivity contribution in [3.63, 3.8) is 0 Å². The first-order chi connectivity index (χ1) is 12.6. The Kier molecular flexibility index (Phi) is 5.63. The third kappa shape index (κ3) is 3.91. The largest absolute Gasteiger partial charge is 0.469 e. The number of hydrogen-bond acceptors (Lipinski definition) is 4. The summed E-state index contributed by atoms with van der Waals surface area (Å²) in [5, 5.41) is 3.18. The Labute approximate surface area is 158 Å². The third-order valence-corrected chi connectivity index (χ3v) is 4.77. The second kappa shape index (κ2) is 8.10. The second-order valence-corrected chi connectivity index (χ2v) is 6.52. The summed E-state index contributed by atoms with van der Waals surface area (Å²) in [7, 11) is 1.36. The van der Waals surface area contributed by atoms with Gasteiger partial charge < -0.3 is 15.0 Å². The van der Waals surface area contributed by atoms with E-state index in [0.29, 0.717) is 29.2 Å². The van der Waals surface area contributed by atoms with Crippen LogP contribution in [0, 0.1) is 0 Å². The Balaban J connectivity index is 1.95. The van der Waals surface area contributed by atoms with Crippen LogP contribution in [0.5, 0.6) is 0 Å². The van der Waals surface area contributed by atoms with Gasteiger partial charge >= 0.3 is 5.97 Å². The predicted octanol–water partition coefficient (Wildman–Crippen LogP) is 3.40. The summed E-state index contributed by atoms with van der Waals surface area (Å²) in [6.45, 7) is 0.418. The van der Waals surface area contributed by atoms with Crippen LogP contribution < -0.4 is 5.32 Å². The number of carbonyl (C=O) groups excluding carboxylic acids is 2. The molecule has 0 spiro atoms. The van der Waals surface area contributed by atoms with Crippen molar-refractivity contribution in [3.05, 3.63) is 65.7 Å². The lowest BCUT2D eigenvalue weighted by Crippen LogP contribution is -2.44. The quantitative estimate of drug-likeness (QED) is 0.647. The molecule has 0 saturated carbocycles. The molecule has 0 radical (unpaired) electrons. The zero-order valence-electron chi connectivity index (χ0n) is 14.5. The van der Waals surface area contributed by atoms with E-state index in [9.17, 15) is 9.59 Å². The molecule has 1 amide bonds. The zero-order chi connectivity index (χ0) is 18.5. The number of amides is 1. The van der Waals surface area contributed by atoms with Crippen LogP contribution in [0.3, 0.4) is 0 Å². The van der Waals surface area contributed by atoms with Crippen LogP contribution in [-0.4, -0.2) is 34.9 Å². The van der Waals surface area contributed by atoms with Crippen LogP contribution in [0.1, 0.15) is 28.8 Å². The van der Waals surface area contributed by atoms with Crippen molar-refractivity contribution in [2.24, 2.45) is 0 Å². The molecular weight excluding hydrogens is 348 g/mol. The molecule has 0 fully saturated rings. The Morgan fingerprint density at radius 2 is 1.85 bits per heavy atom. The summed E-state index contributed by atoms with van der Waals surface area (Å²) in [6.07, 6.45) is 0.600. The Morgan fingerprint density at radius 3 is 2.58 bits per heavy atom. The molecule has 0 aromatic heterocycles. The SMILES string of the molecule is COC(=O)CC[C@H]1C(=S)Nc2ccccc2C(=O)N1Cc1ccccc1. The number of nitrogens with zero attached hydrogens (tertiary/aromatic N) is 1. The zero-order valence-corrected chi connectivity index (χ0v) is 15.3. The van der Waals surface area contributed by atoms with Gasteiger partial charge in [0.15, 0.2) is 0 Å². The predicted molar refractivity (Wildman–Crippen MR) is 104 cm³/mol. The number of benzene rings is 2. The molecule has 5 nitrogen and oxygen atoms in total. The standard InChI is InChI=1S/C20H20N2O3S/c1-25-18(23)12-11-17-19(26)21-16-10-6-5-9-15(16)20(24)22(17)13-14-7-3-2-4-8-14/h2-10,17H,11-13H2,1H3,(H,21,26)/t17-/m0/s1. The average molecular weight is 368 g/mol. The second-order valence-electron chi connectivity index (χ2n) is 6.08. The molecule has 0 unspecified atom stereocenters. The first kappa shape index (κ1) is 18.1. The van der Waals surface area contributed by atoms with Crippen LogP contribution in [0.15, 0.2) is 54.6 Å². The van der Waals surface area contributed by atoms with Gasteiger partial charge in [0.05, 0.1) is 24.4 Å². The van der Waals surface area contributed by atoms with E-state index in [-0.39, 0.29) is 24.3 Å². The molecule has 1 aliphatic heterocycles. The highest BCUT2D eigenvalue weighted by Gasteiger charge is 2.33. The van der Waals surface area contributed by atoms with Crippen LogP contribution in [0.4, 0.5) is 5.69 Å². The van der Waals surface area contributed by atoms with Crippen molar-refractivity contribution in [2.45, 2.75) is 25.4 Å². The molecule has 1 atom stereocenters. The maximum atomic E-state index is 13.2. The number of esters is 1. The van der Waals surface area contributed by atoms with Crippen LogP contribution in [0.2, 0.25) is 0 Å². The van der Waals surface area contributed by atoms with Gasteiger partial charge in [0.2, 0.25) is 0 Å². The average Bonchev–Trinajstić information content (AvgIpc) is 2.76. The van der Waals surface area contributed by atoms with Gasteiger partial charge in [-0.15, -0.1) is 0 Å². The van der Waals surface area contributed by atoms with Crippen molar-refractivity contribution in [2.75, 3.05) is 12.4 Å². The first-order valence-corrected chi connectivity index (χ1v) is 8.82. The monoisotopic (exact) mass is 368 g/mol. The van der Waals surface area contributed by atoms with Crippen molar-refractivity contribution in [1.82, 2.24) is 4.90 Å². The van der Waals surface area contributed by atoms with Gasteiger partial charge in [0.1, 0.15) is 4.99 Å². The van der Waals surface area contributed by atoms with Crippen molar-refractivity contribution in [3.8, 4) is 0 Å². The summed E-state index contributed by atoms with van der Waals surface area (Å²) >= 11 is 5.57. The molecule has 0 aliphatic carbocycles. The molecule has 6 heteroatoms.